The van der Waals surface area contributed by atoms with E-state index in [2.05, 4.69) is 16.9 Å². The van der Waals surface area contributed by atoms with Gasteiger partial charge in [-0.2, -0.15) is 0 Å². The van der Waals surface area contributed by atoms with Crippen molar-refractivity contribution in [2.45, 2.75) is 18.2 Å². The minimum absolute atomic E-state index is 0.201. The first-order valence-electron chi connectivity index (χ1n) is 6.15. The molecule has 0 amide bonds. The molecule has 1 N–H and O–H groups in total. The molecule has 5 nitrogen and oxygen atoms in total. The number of para-hydroxylation sites is 1. The molecule has 0 aliphatic carbocycles. The van der Waals surface area contributed by atoms with Crippen LogP contribution in [-0.4, -0.2) is 31.8 Å². The monoisotopic (exact) mass is 279 g/mol. The molecule has 6 heteroatoms. The zero-order valence-corrected chi connectivity index (χ0v) is 11.7. The van der Waals surface area contributed by atoms with Gasteiger partial charge >= 0.3 is 0 Å². The van der Waals surface area contributed by atoms with Gasteiger partial charge in [-0.25, -0.2) is 12.7 Å². The number of hydrogen-bond acceptors (Lipinski definition) is 3. The highest BCUT2D eigenvalue weighted by molar-refractivity contribution is 7.90. The molecule has 0 saturated heterocycles. The molecule has 0 aromatic heterocycles. The first kappa shape index (κ1) is 13.6. The van der Waals surface area contributed by atoms with E-state index < -0.39 is 10.0 Å². The first-order chi connectivity index (χ1) is 9.11. The number of guanidine groups is 1. The van der Waals surface area contributed by atoms with E-state index in [0.717, 1.165) is 6.42 Å². The number of anilines is 1. The lowest BCUT2D eigenvalue weighted by atomic mass is 10.3. The number of hydrogen-bond donors (Lipinski definition) is 1. The van der Waals surface area contributed by atoms with Crippen molar-refractivity contribution in [1.29, 1.82) is 0 Å². The Bertz CT molecular complexity index is 608. The van der Waals surface area contributed by atoms with E-state index in [0.29, 0.717) is 18.2 Å². The van der Waals surface area contributed by atoms with Gasteiger partial charge in [-0.3, -0.25) is 4.99 Å². The second-order valence-corrected chi connectivity index (χ2v) is 5.98. The number of nitrogens with one attached hydrogen (secondary N) is 1. The van der Waals surface area contributed by atoms with Crippen molar-refractivity contribution >= 4 is 21.7 Å². The van der Waals surface area contributed by atoms with Crippen molar-refractivity contribution in [2.24, 2.45) is 4.99 Å². The Morgan fingerprint density at radius 2 is 2.16 bits per heavy atom. The fourth-order valence-electron chi connectivity index (χ4n) is 1.85. The number of aliphatic imine (C=N–C) groups is 1. The van der Waals surface area contributed by atoms with Crippen LogP contribution in [0.4, 0.5) is 5.69 Å². The Morgan fingerprint density at radius 1 is 1.42 bits per heavy atom. The molecule has 102 valence electrons. The molecule has 1 aromatic carbocycles. The van der Waals surface area contributed by atoms with E-state index in [1.54, 1.807) is 30.3 Å². The van der Waals surface area contributed by atoms with Gasteiger partial charge in [0.15, 0.2) is 0 Å². The summed E-state index contributed by atoms with van der Waals surface area (Å²) in [7, 11) is -3.56. The van der Waals surface area contributed by atoms with Crippen LogP contribution in [0, 0.1) is 0 Å². The summed E-state index contributed by atoms with van der Waals surface area (Å²) in [5.74, 6) is 0.362. The van der Waals surface area contributed by atoms with Crippen LogP contribution in [0.25, 0.3) is 0 Å². The molecular weight excluding hydrogens is 262 g/mol. The maximum Gasteiger partial charge on any atom is 0.268 e. The highest BCUT2D eigenvalue weighted by atomic mass is 32.2. The van der Waals surface area contributed by atoms with Crippen LogP contribution in [-0.2, 0) is 10.0 Å². The summed E-state index contributed by atoms with van der Waals surface area (Å²) in [5.41, 5.74) is 0.567. The molecule has 0 saturated carbocycles. The highest BCUT2D eigenvalue weighted by Gasteiger charge is 2.33. The minimum atomic E-state index is -3.56. The maximum absolute atomic E-state index is 12.5. The smallest absolute Gasteiger partial charge is 0.268 e. The van der Waals surface area contributed by atoms with E-state index in [4.69, 9.17) is 0 Å². The van der Waals surface area contributed by atoms with Crippen molar-refractivity contribution in [3.05, 3.63) is 36.9 Å². The predicted molar refractivity (Wildman–Crippen MR) is 76.7 cm³/mol. The van der Waals surface area contributed by atoms with Crippen molar-refractivity contribution in [2.75, 3.05) is 18.4 Å². The molecule has 0 unspecified atom stereocenters. The number of benzene rings is 1. The Kier molecular flexibility index (Phi) is 3.90. The van der Waals surface area contributed by atoms with Crippen LogP contribution in [0.2, 0.25) is 0 Å². The Labute approximate surface area is 113 Å². The topological polar surface area (TPSA) is 61.8 Å². The Hall–Kier alpha value is -1.82. The summed E-state index contributed by atoms with van der Waals surface area (Å²) >= 11 is 0. The largest absolute Gasteiger partial charge is 0.324 e. The zero-order chi connectivity index (χ0) is 13.9. The molecule has 0 spiro atoms. The molecule has 1 aliphatic heterocycles. The second-order valence-electron chi connectivity index (χ2n) is 4.15. The van der Waals surface area contributed by atoms with Crippen molar-refractivity contribution in [3.8, 4) is 0 Å². The number of nitrogens with zero attached hydrogens (tertiary/aromatic N) is 2. The van der Waals surface area contributed by atoms with Crippen LogP contribution in [0.1, 0.15) is 13.3 Å². The third-order valence-corrected chi connectivity index (χ3v) is 4.53. The van der Waals surface area contributed by atoms with Crippen LogP contribution < -0.4 is 5.32 Å². The summed E-state index contributed by atoms with van der Waals surface area (Å²) in [5, 5.41) is 3.07. The van der Waals surface area contributed by atoms with Gasteiger partial charge < -0.3 is 5.32 Å². The summed E-state index contributed by atoms with van der Waals surface area (Å²) in [6, 6.07) is 6.82. The zero-order valence-electron chi connectivity index (χ0n) is 10.8. The fraction of sp³-hybridized carbons (Fsp3) is 0.308. The molecule has 0 atom stereocenters. The van der Waals surface area contributed by atoms with Gasteiger partial charge in [0.05, 0.1) is 12.2 Å². The lowest BCUT2D eigenvalue weighted by Gasteiger charge is -2.31. The van der Waals surface area contributed by atoms with Gasteiger partial charge in [0.2, 0.25) is 5.96 Å². The molecular formula is C13H17N3O2S. The van der Waals surface area contributed by atoms with E-state index in [1.165, 1.54) is 4.31 Å². The molecule has 1 aromatic rings. The van der Waals surface area contributed by atoms with Crippen LogP contribution in [0.3, 0.4) is 0 Å². The highest BCUT2D eigenvalue weighted by Crippen LogP contribution is 2.29. The third-order valence-electron chi connectivity index (χ3n) is 2.72. The van der Waals surface area contributed by atoms with Gasteiger partial charge in [-0.15, -0.1) is 6.58 Å². The molecule has 1 aliphatic rings. The third kappa shape index (κ3) is 2.49. The lowest BCUT2D eigenvalue weighted by Crippen LogP contribution is -2.45. The van der Waals surface area contributed by atoms with Crippen molar-refractivity contribution in [3.63, 3.8) is 0 Å². The maximum atomic E-state index is 12.5. The van der Waals surface area contributed by atoms with E-state index in [1.807, 2.05) is 6.92 Å². The average molecular weight is 279 g/mol. The predicted octanol–water partition coefficient (Wildman–Crippen LogP) is 2.05. The summed E-state index contributed by atoms with van der Waals surface area (Å²) in [4.78, 5) is 4.57. The quantitative estimate of drug-likeness (QED) is 0.858. The minimum Gasteiger partial charge on any atom is -0.324 e. The van der Waals surface area contributed by atoms with Crippen LogP contribution >= 0.6 is 0 Å². The van der Waals surface area contributed by atoms with Crippen LogP contribution in [0.15, 0.2) is 46.8 Å². The van der Waals surface area contributed by atoms with E-state index >= 15 is 0 Å². The lowest BCUT2D eigenvalue weighted by molar-refractivity contribution is 0.535. The molecule has 1 heterocycles. The standard InChI is InChI=1S/C13H17N3O2S/c1-3-9-14-13-15-11-7-5-6-8-12(11)19(17,18)16(13)10-4-2/h4-8H,2-3,9-10H2,1H3,(H,14,15). The van der Waals surface area contributed by atoms with Gasteiger partial charge in [-0.1, -0.05) is 25.1 Å². The summed E-state index contributed by atoms with van der Waals surface area (Å²) in [6.07, 6.45) is 2.41. The second kappa shape index (κ2) is 5.44. The molecule has 0 bridgehead atoms. The SMILES string of the molecule is C=CCN1C(=NCCC)Nc2ccccc2S1(=O)=O. The Morgan fingerprint density at radius 3 is 2.84 bits per heavy atom. The van der Waals surface area contributed by atoms with Gasteiger partial charge in [0.25, 0.3) is 10.0 Å². The average Bonchev–Trinajstić information content (AvgIpc) is 2.40. The van der Waals surface area contributed by atoms with Gasteiger partial charge in [0.1, 0.15) is 4.90 Å². The van der Waals surface area contributed by atoms with Gasteiger partial charge in [0, 0.05) is 6.54 Å². The molecule has 0 fully saturated rings. The fourth-order valence-corrected chi connectivity index (χ4v) is 3.37. The number of rotatable bonds is 4. The van der Waals surface area contributed by atoms with E-state index in [-0.39, 0.29) is 11.4 Å². The Balaban J connectivity index is 2.53. The normalized spacial score (nSPS) is 18.8. The van der Waals surface area contributed by atoms with Crippen LogP contribution in [0.5, 0.6) is 0 Å². The number of sulfonamides is 1. The first-order valence-corrected chi connectivity index (χ1v) is 7.59. The number of fused-ring (bicyclic) bond motifs is 1. The van der Waals surface area contributed by atoms with Crippen molar-refractivity contribution < 1.29 is 8.42 Å². The molecule has 0 radical (unpaired) electrons. The van der Waals surface area contributed by atoms with E-state index in [9.17, 15) is 8.42 Å². The van der Waals surface area contributed by atoms with Crippen molar-refractivity contribution in [1.82, 2.24) is 4.31 Å². The summed E-state index contributed by atoms with van der Waals surface area (Å²) < 4.78 is 26.3. The summed E-state index contributed by atoms with van der Waals surface area (Å²) in [6.45, 7) is 6.37. The molecule has 2 rings (SSSR count). The molecule has 19 heavy (non-hydrogen) atoms. The van der Waals surface area contributed by atoms with Gasteiger partial charge in [-0.05, 0) is 18.6 Å².